The number of hydrogen-bond donors (Lipinski definition) is 0. The van der Waals surface area contributed by atoms with Crippen LogP contribution in [0.5, 0.6) is 0 Å². The van der Waals surface area contributed by atoms with Gasteiger partial charge in [-0.25, -0.2) is 9.37 Å². The highest BCUT2D eigenvalue weighted by Crippen LogP contribution is 2.23. The van der Waals surface area contributed by atoms with E-state index in [9.17, 15) is 9.18 Å². The average molecular weight is 359 g/mol. The van der Waals surface area contributed by atoms with Gasteiger partial charge in [0.2, 0.25) is 5.95 Å². The van der Waals surface area contributed by atoms with Crippen LogP contribution in [0.15, 0.2) is 29.0 Å². The monoisotopic (exact) mass is 359 g/mol. The van der Waals surface area contributed by atoms with Crippen LogP contribution in [-0.4, -0.2) is 60.0 Å². The van der Waals surface area contributed by atoms with Crippen LogP contribution in [0.1, 0.15) is 29.8 Å². The lowest BCUT2D eigenvalue weighted by Gasteiger charge is -2.23. The summed E-state index contributed by atoms with van der Waals surface area (Å²) in [7, 11) is 0. The number of carbonyl (C=O) groups excluding carboxylic acids is 1. The molecule has 0 atom stereocenters. The van der Waals surface area contributed by atoms with E-state index in [-0.39, 0.29) is 11.7 Å². The van der Waals surface area contributed by atoms with Gasteiger partial charge in [0.15, 0.2) is 17.4 Å². The first-order valence-electron chi connectivity index (χ1n) is 9.07. The molecule has 0 saturated carbocycles. The molecule has 2 saturated heterocycles. The molecule has 0 spiro atoms. The zero-order chi connectivity index (χ0) is 17.9. The minimum Gasteiger partial charge on any atom is -0.459 e. The summed E-state index contributed by atoms with van der Waals surface area (Å²) in [6, 6.07) is 3.39. The topological polar surface area (TPSA) is 65.7 Å². The maximum Gasteiger partial charge on any atom is 0.289 e. The molecule has 26 heavy (non-hydrogen) atoms. The SMILES string of the molecule is O=C(c1ccco1)N1CCCN(c2ncc(F)c(N3CCCC3)n2)CC1. The second kappa shape index (κ2) is 7.31. The van der Waals surface area contributed by atoms with Crippen LogP contribution in [0.25, 0.3) is 0 Å². The third kappa shape index (κ3) is 3.36. The number of aromatic nitrogens is 2. The number of halogens is 1. The fourth-order valence-corrected chi connectivity index (χ4v) is 3.53. The lowest BCUT2D eigenvalue weighted by molar-refractivity contribution is 0.0735. The van der Waals surface area contributed by atoms with E-state index in [0.717, 1.165) is 38.9 Å². The second-order valence-corrected chi connectivity index (χ2v) is 6.65. The van der Waals surface area contributed by atoms with Gasteiger partial charge in [0, 0.05) is 39.3 Å². The van der Waals surface area contributed by atoms with Gasteiger partial charge in [-0.15, -0.1) is 0 Å². The third-order valence-electron chi connectivity index (χ3n) is 4.92. The Morgan fingerprint density at radius 1 is 1.04 bits per heavy atom. The molecule has 4 rings (SSSR count). The molecule has 2 fully saturated rings. The first kappa shape index (κ1) is 16.8. The van der Waals surface area contributed by atoms with E-state index >= 15 is 0 Å². The number of carbonyl (C=O) groups is 1. The summed E-state index contributed by atoms with van der Waals surface area (Å²) in [5.41, 5.74) is 0. The van der Waals surface area contributed by atoms with E-state index < -0.39 is 0 Å². The van der Waals surface area contributed by atoms with Gasteiger partial charge in [-0.1, -0.05) is 0 Å². The maximum absolute atomic E-state index is 14.1. The summed E-state index contributed by atoms with van der Waals surface area (Å²) >= 11 is 0. The van der Waals surface area contributed by atoms with Crippen LogP contribution in [0, 0.1) is 5.82 Å². The Kier molecular flexibility index (Phi) is 4.73. The fraction of sp³-hybridized carbons (Fsp3) is 0.500. The zero-order valence-corrected chi connectivity index (χ0v) is 14.6. The zero-order valence-electron chi connectivity index (χ0n) is 14.6. The summed E-state index contributed by atoms with van der Waals surface area (Å²) in [4.78, 5) is 26.9. The summed E-state index contributed by atoms with van der Waals surface area (Å²) in [5.74, 6) is 0.795. The Morgan fingerprint density at radius 3 is 2.62 bits per heavy atom. The van der Waals surface area contributed by atoms with E-state index in [0.29, 0.717) is 37.2 Å². The molecule has 0 aliphatic carbocycles. The number of amides is 1. The number of nitrogens with zero attached hydrogens (tertiary/aromatic N) is 5. The van der Waals surface area contributed by atoms with E-state index in [1.54, 1.807) is 17.0 Å². The van der Waals surface area contributed by atoms with Crippen molar-refractivity contribution in [1.82, 2.24) is 14.9 Å². The Bertz CT molecular complexity index is 761. The molecular weight excluding hydrogens is 337 g/mol. The van der Waals surface area contributed by atoms with Crippen LogP contribution in [0.4, 0.5) is 16.2 Å². The van der Waals surface area contributed by atoms with Crippen molar-refractivity contribution in [3.8, 4) is 0 Å². The highest BCUT2D eigenvalue weighted by molar-refractivity contribution is 5.91. The maximum atomic E-state index is 14.1. The molecule has 0 unspecified atom stereocenters. The minimum absolute atomic E-state index is 0.102. The molecule has 1 amide bonds. The van der Waals surface area contributed by atoms with Crippen molar-refractivity contribution >= 4 is 17.7 Å². The molecule has 2 aromatic heterocycles. The van der Waals surface area contributed by atoms with Crippen LogP contribution >= 0.6 is 0 Å². The number of hydrogen-bond acceptors (Lipinski definition) is 6. The Hall–Kier alpha value is -2.64. The number of furan rings is 1. The lowest BCUT2D eigenvalue weighted by atomic mass is 10.3. The Labute approximate surface area is 151 Å². The standard InChI is InChI=1S/C18H22FN5O2/c19-14-13-20-18(21-16(14)22-6-1-2-7-22)24-9-4-8-23(10-11-24)17(25)15-5-3-12-26-15/h3,5,12-13H,1-2,4,6-11H2. The van der Waals surface area contributed by atoms with Crippen LogP contribution in [-0.2, 0) is 0 Å². The van der Waals surface area contributed by atoms with Gasteiger partial charge in [-0.2, -0.15) is 4.98 Å². The van der Waals surface area contributed by atoms with Crippen LogP contribution < -0.4 is 9.80 Å². The smallest absolute Gasteiger partial charge is 0.289 e. The highest BCUT2D eigenvalue weighted by atomic mass is 19.1. The highest BCUT2D eigenvalue weighted by Gasteiger charge is 2.25. The van der Waals surface area contributed by atoms with E-state index in [1.807, 2.05) is 9.80 Å². The van der Waals surface area contributed by atoms with Crippen molar-refractivity contribution in [1.29, 1.82) is 0 Å². The van der Waals surface area contributed by atoms with Gasteiger partial charge in [0.1, 0.15) is 0 Å². The quantitative estimate of drug-likeness (QED) is 0.837. The lowest BCUT2D eigenvalue weighted by Crippen LogP contribution is -2.35. The van der Waals surface area contributed by atoms with E-state index in [2.05, 4.69) is 9.97 Å². The third-order valence-corrected chi connectivity index (χ3v) is 4.92. The normalized spacial score (nSPS) is 18.3. The summed E-state index contributed by atoms with van der Waals surface area (Å²) in [6.45, 7) is 4.21. The molecule has 4 heterocycles. The van der Waals surface area contributed by atoms with Crippen LogP contribution in [0.2, 0.25) is 0 Å². The predicted molar refractivity (Wildman–Crippen MR) is 94.9 cm³/mol. The van der Waals surface area contributed by atoms with Crippen LogP contribution in [0.3, 0.4) is 0 Å². The van der Waals surface area contributed by atoms with Crippen molar-refractivity contribution in [2.75, 3.05) is 49.1 Å². The van der Waals surface area contributed by atoms with Gasteiger partial charge < -0.3 is 19.1 Å². The van der Waals surface area contributed by atoms with Gasteiger partial charge in [0.05, 0.1) is 12.5 Å². The van der Waals surface area contributed by atoms with Crippen molar-refractivity contribution in [3.63, 3.8) is 0 Å². The molecule has 0 bridgehead atoms. The molecule has 7 nitrogen and oxygen atoms in total. The Balaban J connectivity index is 1.47. The van der Waals surface area contributed by atoms with E-state index in [4.69, 9.17) is 4.42 Å². The summed E-state index contributed by atoms with van der Waals surface area (Å²) in [5, 5.41) is 0. The number of anilines is 2. The molecule has 2 aliphatic rings. The molecule has 0 aromatic carbocycles. The Morgan fingerprint density at radius 2 is 1.85 bits per heavy atom. The van der Waals surface area contributed by atoms with E-state index in [1.165, 1.54) is 12.5 Å². The van der Waals surface area contributed by atoms with Crippen molar-refractivity contribution in [2.45, 2.75) is 19.3 Å². The minimum atomic E-state index is -0.375. The summed E-state index contributed by atoms with van der Waals surface area (Å²) < 4.78 is 19.4. The molecule has 0 N–H and O–H groups in total. The van der Waals surface area contributed by atoms with Crippen molar-refractivity contribution < 1.29 is 13.6 Å². The first-order chi connectivity index (χ1) is 12.7. The van der Waals surface area contributed by atoms with Crippen molar-refractivity contribution in [2.24, 2.45) is 0 Å². The summed E-state index contributed by atoms with van der Waals surface area (Å²) in [6.07, 6.45) is 5.68. The molecule has 138 valence electrons. The van der Waals surface area contributed by atoms with Crippen molar-refractivity contribution in [3.05, 3.63) is 36.2 Å². The van der Waals surface area contributed by atoms with Gasteiger partial charge >= 0.3 is 0 Å². The fourth-order valence-electron chi connectivity index (χ4n) is 3.53. The molecule has 0 radical (unpaired) electrons. The molecular formula is C18H22FN5O2. The molecule has 2 aromatic rings. The first-order valence-corrected chi connectivity index (χ1v) is 9.07. The number of rotatable bonds is 3. The van der Waals surface area contributed by atoms with Gasteiger partial charge in [0.25, 0.3) is 5.91 Å². The largest absolute Gasteiger partial charge is 0.459 e. The predicted octanol–water partition coefficient (Wildman–Crippen LogP) is 2.16. The molecule has 8 heteroatoms. The second-order valence-electron chi connectivity index (χ2n) is 6.65. The van der Waals surface area contributed by atoms with Gasteiger partial charge in [-0.3, -0.25) is 4.79 Å². The average Bonchev–Trinajstić information content (AvgIpc) is 3.32. The van der Waals surface area contributed by atoms with Gasteiger partial charge in [-0.05, 0) is 31.4 Å². The molecule has 2 aliphatic heterocycles.